The summed E-state index contributed by atoms with van der Waals surface area (Å²) in [7, 11) is 0. The zero-order valence-electron chi connectivity index (χ0n) is 16.4. The summed E-state index contributed by atoms with van der Waals surface area (Å²) in [6.07, 6.45) is 4.48. The van der Waals surface area contributed by atoms with Crippen LogP contribution < -0.4 is 10.2 Å². The number of nitrogens with one attached hydrogen (secondary N) is 1. The molecule has 0 unspecified atom stereocenters. The van der Waals surface area contributed by atoms with Crippen LogP contribution in [-0.4, -0.2) is 17.9 Å². The average Bonchev–Trinajstić information content (AvgIpc) is 3.49. The number of rotatable bonds is 7. The van der Waals surface area contributed by atoms with Gasteiger partial charge in [0, 0.05) is 26.5 Å². The topological polar surface area (TPSA) is 49.4 Å². The van der Waals surface area contributed by atoms with Crippen LogP contribution in [0.25, 0.3) is 0 Å². The monoisotopic (exact) mass is 458 g/mol. The van der Waals surface area contributed by atoms with Gasteiger partial charge in [0.05, 0.1) is 6.42 Å². The molecular formula is C23H23ClN2O2S2. The first-order valence-corrected chi connectivity index (χ1v) is 12.2. The molecule has 1 N–H and O–H groups in total. The molecule has 1 aliphatic rings. The number of hydrogen-bond acceptors (Lipinski definition) is 4. The van der Waals surface area contributed by atoms with E-state index in [9.17, 15) is 9.59 Å². The Hall–Kier alpha value is -2.15. The smallest absolute Gasteiger partial charge is 0.248 e. The summed E-state index contributed by atoms with van der Waals surface area (Å²) in [6.45, 7) is 0. The van der Waals surface area contributed by atoms with Crippen molar-refractivity contribution < 1.29 is 9.59 Å². The lowest BCUT2D eigenvalue weighted by atomic mass is 10.1. The van der Waals surface area contributed by atoms with Crippen molar-refractivity contribution in [2.75, 3.05) is 4.90 Å². The molecule has 4 nitrogen and oxygen atoms in total. The van der Waals surface area contributed by atoms with E-state index in [4.69, 9.17) is 11.6 Å². The molecule has 0 radical (unpaired) electrons. The van der Waals surface area contributed by atoms with Crippen LogP contribution in [0.4, 0.5) is 5.69 Å². The van der Waals surface area contributed by atoms with Gasteiger partial charge in [-0.05, 0) is 53.9 Å². The fourth-order valence-corrected chi connectivity index (χ4v) is 5.57. The number of carbonyl (C=O) groups is 2. The zero-order valence-corrected chi connectivity index (χ0v) is 18.8. The van der Waals surface area contributed by atoms with Crippen LogP contribution in [0.15, 0.2) is 59.3 Å². The van der Waals surface area contributed by atoms with Gasteiger partial charge in [-0.2, -0.15) is 0 Å². The van der Waals surface area contributed by atoms with Crippen LogP contribution in [0.2, 0.25) is 5.02 Å². The molecule has 0 bridgehead atoms. The first-order valence-electron chi connectivity index (χ1n) is 10.1. The number of benzene rings is 1. The molecule has 2 aromatic heterocycles. The Kier molecular flexibility index (Phi) is 6.87. The van der Waals surface area contributed by atoms with Gasteiger partial charge in [-0.3, -0.25) is 14.5 Å². The van der Waals surface area contributed by atoms with Crippen LogP contribution in [0.1, 0.15) is 41.5 Å². The maximum atomic E-state index is 13.5. The third-order valence-electron chi connectivity index (χ3n) is 5.28. The first kappa shape index (κ1) is 21.1. The van der Waals surface area contributed by atoms with Crippen LogP contribution in [-0.2, 0) is 16.0 Å². The summed E-state index contributed by atoms with van der Waals surface area (Å²) in [5, 5.41) is 7.61. The van der Waals surface area contributed by atoms with E-state index in [0.717, 1.165) is 35.4 Å². The van der Waals surface area contributed by atoms with Gasteiger partial charge < -0.3 is 5.32 Å². The van der Waals surface area contributed by atoms with Crippen molar-refractivity contribution in [2.24, 2.45) is 0 Å². The first-order chi connectivity index (χ1) is 14.6. The molecule has 7 heteroatoms. The summed E-state index contributed by atoms with van der Waals surface area (Å²) in [4.78, 5) is 30.4. The van der Waals surface area contributed by atoms with Gasteiger partial charge in [0.15, 0.2) is 0 Å². The molecule has 1 atom stereocenters. The number of amides is 2. The summed E-state index contributed by atoms with van der Waals surface area (Å²) in [6, 6.07) is 14.3. The second-order valence-electron chi connectivity index (χ2n) is 7.41. The lowest BCUT2D eigenvalue weighted by molar-refractivity contribution is -0.126. The van der Waals surface area contributed by atoms with Crippen molar-refractivity contribution in [3.05, 3.63) is 74.1 Å². The Balaban J connectivity index is 1.71. The van der Waals surface area contributed by atoms with Crippen molar-refractivity contribution in [3.63, 3.8) is 0 Å². The standard InChI is InChI=1S/C23H23ClN2O2S2/c24-16-6-3-9-18(14-16)26(21(27)15-19-10-4-12-29-19)22(20-11-5-13-30-20)23(28)25-17-7-1-2-8-17/h3-6,9-14,17,22H,1-2,7-8,15H2,(H,25,28)/t22-/m1/s1. The van der Waals surface area contributed by atoms with Crippen LogP contribution in [0.3, 0.4) is 0 Å². The Morgan fingerprint density at radius 3 is 2.50 bits per heavy atom. The maximum Gasteiger partial charge on any atom is 0.248 e. The molecule has 1 fully saturated rings. The lowest BCUT2D eigenvalue weighted by Crippen LogP contribution is -2.46. The molecular weight excluding hydrogens is 436 g/mol. The van der Waals surface area contributed by atoms with Crippen molar-refractivity contribution in [1.82, 2.24) is 5.32 Å². The molecule has 3 aromatic rings. The highest BCUT2D eigenvalue weighted by molar-refractivity contribution is 7.10. The summed E-state index contributed by atoms with van der Waals surface area (Å²) >= 11 is 9.27. The minimum atomic E-state index is -0.725. The Labute approximate surface area is 189 Å². The van der Waals surface area contributed by atoms with Gasteiger partial charge in [-0.15, -0.1) is 22.7 Å². The fourth-order valence-electron chi connectivity index (χ4n) is 3.88. The van der Waals surface area contributed by atoms with Crippen LogP contribution in [0, 0.1) is 0 Å². The Morgan fingerprint density at radius 1 is 1.07 bits per heavy atom. The van der Waals surface area contributed by atoms with E-state index in [-0.39, 0.29) is 24.3 Å². The molecule has 0 saturated heterocycles. The number of halogens is 1. The summed E-state index contributed by atoms with van der Waals surface area (Å²) < 4.78 is 0. The van der Waals surface area contributed by atoms with E-state index in [0.29, 0.717) is 10.7 Å². The van der Waals surface area contributed by atoms with Gasteiger partial charge in [-0.1, -0.05) is 42.6 Å². The maximum absolute atomic E-state index is 13.5. The van der Waals surface area contributed by atoms with E-state index < -0.39 is 6.04 Å². The molecule has 2 heterocycles. The van der Waals surface area contributed by atoms with E-state index in [1.807, 2.05) is 47.2 Å². The zero-order chi connectivity index (χ0) is 20.9. The van der Waals surface area contributed by atoms with E-state index in [1.165, 1.54) is 22.7 Å². The molecule has 0 spiro atoms. The predicted octanol–water partition coefficient (Wildman–Crippen LogP) is 5.84. The minimum absolute atomic E-state index is 0.125. The van der Waals surface area contributed by atoms with Crippen molar-refractivity contribution in [3.8, 4) is 0 Å². The van der Waals surface area contributed by atoms with E-state index in [1.54, 1.807) is 17.0 Å². The van der Waals surface area contributed by atoms with Crippen molar-refractivity contribution in [2.45, 2.75) is 44.2 Å². The number of anilines is 1. The minimum Gasteiger partial charge on any atom is -0.351 e. The van der Waals surface area contributed by atoms with Crippen molar-refractivity contribution >= 4 is 51.8 Å². The normalized spacial score (nSPS) is 15.1. The fraction of sp³-hybridized carbons (Fsp3) is 0.304. The van der Waals surface area contributed by atoms with Gasteiger partial charge in [-0.25, -0.2) is 0 Å². The molecule has 4 rings (SSSR count). The second-order valence-corrected chi connectivity index (χ2v) is 9.86. The third-order valence-corrected chi connectivity index (χ3v) is 7.32. The summed E-state index contributed by atoms with van der Waals surface area (Å²) in [5.74, 6) is -0.261. The molecule has 2 amide bonds. The van der Waals surface area contributed by atoms with E-state index >= 15 is 0 Å². The Morgan fingerprint density at radius 2 is 1.83 bits per heavy atom. The van der Waals surface area contributed by atoms with E-state index in [2.05, 4.69) is 5.32 Å². The highest BCUT2D eigenvalue weighted by atomic mass is 35.5. The SMILES string of the molecule is O=C(NC1CCCC1)[C@@H](c1cccs1)N(C(=O)Cc1cccs1)c1cccc(Cl)c1. The van der Waals surface area contributed by atoms with Crippen LogP contribution in [0.5, 0.6) is 0 Å². The average molecular weight is 459 g/mol. The molecule has 1 aliphatic carbocycles. The van der Waals surface area contributed by atoms with Gasteiger partial charge >= 0.3 is 0 Å². The molecule has 1 aromatic carbocycles. The highest BCUT2D eigenvalue weighted by Crippen LogP contribution is 2.33. The molecule has 1 saturated carbocycles. The largest absolute Gasteiger partial charge is 0.351 e. The highest BCUT2D eigenvalue weighted by Gasteiger charge is 2.35. The third kappa shape index (κ3) is 4.94. The predicted molar refractivity (Wildman–Crippen MR) is 124 cm³/mol. The Bertz CT molecular complexity index is 983. The second kappa shape index (κ2) is 9.77. The molecule has 0 aliphatic heterocycles. The van der Waals surface area contributed by atoms with Gasteiger partial charge in [0.25, 0.3) is 0 Å². The number of hydrogen-bond donors (Lipinski definition) is 1. The molecule has 156 valence electrons. The molecule has 30 heavy (non-hydrogen) atoms. The van der Waals surface area contributed by atoms with Crippen molar-refractivity contribution in [1.29, 1.82) is 0 Å². The van der Waals surface area contributed by atoms with Gasteiger partial charge in [0.2, 0.25) is 11.8 Å². The number of nitrogens with zero attached hydrogens (tertiary/aromatic N) is 1. The quantitative estimate of drug-likeness (QED) is 0.483. The van der Waals surface area contributed by atoms with Crippen LogP contribution >= 0.6 is 34.3 Å². The summed E-state index contributed by atoms with van der Waals surface area (Å²) in [5.41, 5.74) is 0.629. The number of carbonyl (C=O) groups excluding carboxylic acids is 2. The number of thiophene rings is 2. The lowest BCUT2D eigenvalue weighted by Gasteiger charge is -2.31. The van der Waals surface area contributed by atoms with Gasteiger partial charge in [0.1, 0.15) is 6.04 Å².